The molecule has 0 unspecified atom stereocenters. The van der Waals surface area contributed by atoms with Crippen molar-refractivity contribution in [2.45, 2.75) is 0 Å². The fraction of sp³-hybridized carbons (Fsp3) is 0. The summed E-state index contributed by atoms with van der Waals surface area (Å²) in [5, 5.41) is 6.99. The van der Waals surface area contributed by atoms with Crippen molar-refractivity contribution in [2.75, 3.05) is 0 Å². The van der Waals surface area contributed by atoms with E-state index in [2.05, 4.69) is 0 Å². The quantitative estimate of drug-likeness (QED) is 0.619. The summed E-state index contributed by atoms with van der Waals surface area (Å²) in [6, 6.07) is 0. The molecule has 0 atom stereocenters. The third-order valence-corrected chi connectivity index (χ3v) is 3.20. The van der Waals surface area contributed by atoms with Gasteiger partial charge >= 0.3 is 5.97 Å². The van der Waals surface area contributed by atoms with Crippen molar-refractivity contribution in [2.24, 2.45) is 0 Å². The van der Waals surface area contributed by atoms with E-state index in [4.69, 9.17) is 51.5 Å². The van der Waals surface area contributed by atoms with Gasteiger partial charge in [-0.3, -0.25) is 0 Å². The van der Waals surface area contributed by atoms with E-state index in [1.54, 1.807) is 0 Å². The molecule has 0 heterocycles. The van der Waals surface area contributed by atoms with Gasteiger partial charge in [-0.25, -0.2) is 9.18 Å². The maximum atomic E-state index is 13.2. The second-order valence-electron chi connectivity index (χ2n) is 2.25. The van der Waals surface area contributed by atoms with E-state index < -0.39 is 27.4 Å². The lowest BCUT2D eigenvalue weighted by atomic mass is 10.2. The molecule has 0 saturated carbocycles. The molecule has 0 fully saturated rings. The summed E-state index contributed by atoms with van der Waals surface area (Å²) < 4.78 is 13.2. The first kappa shape index (κ1) is 11.9. The third kappa shape index (κ3) is 1.77. The van der Waals surface area contributed by atoms with Crippen LogP contribution < -0.4 is 0 Å². The lowest BCUT2D eigenvalue weighted by molar-refractivity contribution is 0.0692. The molecule has 0 aliphatic heterocycles. The molecular formula is C7HCl4FO2. The van der Waals surface area contributed by atoms with E-state index in [-0.39, 0.29) is 10.0 Å². The molecule has 1 N–H and O–H groups in total. The highest BCUT2D eigenvalue weighted by Crippen LogP contribution is 2.40. The summed E-state index contributed by atoms with van der Waals surface area (Å²) in [6.45, 7) is 0. The predicted octanol–water partition coefficient (Wildman–Crippen LogP) is 4.14. The Morgan fingerprint density at radius 1 is 1.00 bits per heavy atom. The van der Waals surface area contributed by atoms with Crippen LogP contribution in [0.3, 0.4) is 0 Å². The average Bonchev–Trinajstić information content (AvgIpc) is 2.11. The summed E-state index contributed by atoms with van der Waals surface area (Å²) in [5.41, 5.74) is -0.786. The third-order valence-electron chi connectivity index (χ3n) is 1.42. The van der Waals surface area contributed by atoms with Gasteiger partial charge in [-0.15, -0.1) is 0 Å². The van der Waals surface area contributed by atoms with Crippen molar-refractivity contribution in [1.82, 2.24) is 0 Å². The van der Waals surface area contributed by atoms with Crippen LogP contribution in [0, 0.1) is 5.82 Å². The lowest BCUT2D eigenvalue weighted by Gasteiger charge is -2.07. The first-order valence-electron chi connectivity index (χ1n) is 3.12. The Morgan fingerprint density at radius 3 is 1.86 bits per heavy atom. The lowest BCUT2D eigenvalue weighted by Crippen LogP contribution is -2.03. The van der Waals surface area contributed by atoms with Gasteiger partial charge in [0.15, 0.2) is 5.82 Å². The molecule has 76 valence electrons. The number of carboxylic acid groups (broad SMARTS) is 1. The van der Waals surface area contributed by atoms with Crippen LogP contribution in [0.25, 0.3) is 0 Å². The van der Waals surface area contributed by atoms with Gasteiger partial charge in [0.25, 0.3) is 0 Å². The summed E-state index contributed by atoms with van der Waals surface area (Å²) in [4.78, 5) is 10.6. The molecule has 0 aromatic heterocycles. The van der Waals surface area contributed by atoms with Gasteiger partial charge in [-0.1, -0.05) is 46.4 Å². The Labute approximate surface area is 98.1 Å². The minimum Gasteiger partial charge on any atom is -0.478 e. The van der Waals surface area contributed by atoms with Crippen molar-refractivity contribution in [3.8, 4) is 0 Å². The highest BCUT2D eigenvalue weighted by molar-refractivity contribution is 6.52. The molecular weight excluding hydrogens is 277 g/mol. The Hall–Kier alpha value is -0.220. The normalized spacial score (nSPS) is 10.4. The molecule has 0 spiro atoms. The van der Waals surface area contributed by atoms with Gasteiger partial charge in [0.1, 0.15) is 5.56 Å². The molecule has 1 rings (SSSR count). The Morgan fingerprint density at radius 2 is 1.43 bits per heavy atom. The second-order valence-corrected chi connectivity index (χ2v) is 3.76. The van der Waals surface area contributed by atoms with Gasteiger partial charge in [-0.2, -0.15) is 0 Å². The molecule has 2 nitrogen and oxygen atoms in total. The molecule has 0 bridgehead atoms. The zero-order valence-corrected chi connectivity index (χ0v) is 9.27. The first-order chi connectivity index (χ1) is 6.37. The number of carboxylic acids is 1. The number of aromatic carboxylic acids is 1. The summed E-state index contributed by atoms with van der Waals surface area (Å²) >= 11 is 21.9. The van der Waals surface area contributed by atoms with Gasteiger partial charge < -0.3 is 5.11 Å². The predicted molar refractivity (Wildman–Crippen MR) is 53.4 cm³/mol. The average molecular weight is 278 g/mol. The smallest absolute Gasteiger partial charge is 0.340 e. The van der Waals surface area contributed by atoms with Crippen LogP contribution in [0.2, 0.25) is 20.1 Å². The monoisotopic (exact) mass is 276 g/mol. The number of hydrogen-bond acceptors (Lipinski definition) is 1. The van der Waals surface area contributed by atoms with Crippen LogP contribution in [0.4, 0.5) is 4.39 Å². The van der Waals surface area contributed by atoms with E-state index in [0.29, 0.717) is 0 Å². The van der Waals surface area contributed by atoms with Gasteiger partial charge in [0.05, 0.1) is 20.1 Å². The second kappa shape index (κ2) is 4.11. The Kier molecular flexibility index (Phi) is 3.48. The van der Waals surface area contributed by atoms with E-state index in [0.717, 1.165) is 0 Å². The standard InChI is InChI=1S/C7HCl4FO2/c8-2-1(7(13)14)6(12)5(11)4(10)3(2)9/h(H,13,14). The van der Waals surface area contributed by atoms with Crippen LogP contribution in [0.5, 0.6) is 0 Å². The van der Waals surface area contributed by atoms with Gasteiger partial charge in [0, 0.05) is 0 Å². The molecule has 0 aliphatic carbocycles. The van der Waals surface area contributed by atoms with Crippen molar-refractivity contribution in [1.29, 1.82) is 0 Å². The fourth-order valence-corrected chi connectivity index (χ4v) is 1.70. The van der Waals surface area contributed by atoms with E-state index >= 15 is 0 Å². The van der Waals surface area contributed by atoms with E-state index in [1.165, 1.54) is 0 Å². The zero-order chi connectivity index (χ0) is 11.0. The van der Waals surface area contributed by atoms with Crippen LogP contribution in [-0.4, -0.2) is 11.1 Å². The summed E-state index contributed by atoms with van der Waals surface area (Å²) in [7, 11) is 0. The largest absolute Gasteiger partial charge is 0.478 e. The van der Waals surface area contributed by atoms with E-state index in [9.17, 15) is 9.18 Å². The molecule has 0 saturated heterocycles. The topological polar surface area (TPSA) is 37.3 Å². The van der Waals surface area contributed by atoms with Gasteiger partial charge in [-0.05, 0) is 0 Å². The van der Waals surface area contributed by atoms with Crippen molar-refractivity contribution in [3.63, 3.8) is 0 Å². The zero-order valence-electron chi connectivity index (χ0n) is 6.25. The van der Waals surface area contributed by atoms with E-state index in [1.807, 2.05) is 0 Å². The van der Waals surface area contributed by atoms with Gasteiger partial charge in [0.2, 0.25) is 0 Å². The molecule has 0 radical (unpaired) electrons. The summed E-state index contributed by atoms with van der Waals surface area (Å²) in [5.74, 6) is -2.76. The van der Waals surface area contributed by atoms with Crippen molar-refractivity contribution < 1.29 is 14.3 Å². The fourth-order valence-electron chi connectivity index (χ4n) is 0.793. The Bertz CT molecular complexity index is 390. The summed E-state index contributed by atoms with van der Waals surface area (Å²) in [6.07, 6.45) is 0. The molecule has 7 heteroatoms. The molecule has 0 amide bonds. The number of hydrogen-bond donors (Lipinski definition) is 1. The molecule has 1 aromatic carbocycles. The van der Waals surface area contributed by atoms with Crippen LogP contribution in [0.1, 0.15) is 10.4 Å². The van der Waals surface area contributed by atoms with Crippen LogP contribution in [-0.2, 0) is 0 Å². The maximum absolute atomic E-state index is 13.2. The SMILES string of the molecule is O=C(O)c1c(F)c(Cl)c(Cl)c(Cl)c1Cl. The minimum atomic E-state index is -1.56. The first-order valence-corrected chi connectivity index (χ1v) is 4.63. The number of rotatable bonds is 1. The van der Waals surface area contributed by atoms with Crippen LogP contribution in [0.15, 0.2) is 0 Å². The van der Waals surface area contributed by atoms with Crippen LogP contribution >= 0.6 is 46.4 Å². The number of benzene rings is 1. The number of carbonyl (C=O) groups is 1. The minimum absolute atomic E-state index is 0.280. The number of halogens is 5. The highest BCUT2D eigenvalue weighted by Gasteiger charge is 2.24. The van der Waals surface area contributed by atoms with Crippen molar-refractivity contribution >= 4 is 52.4 Å². The highest BCUT2D eigenvalue weighted by atomic mass is 35.5. The molecule has 0 aliphatic rings. The Balaban J connectivity index is 3.68. The maximum Gasteiger partial charge on any atom is 0.340 e. The molecule has 14 heavy (non-hydrogen) atoms. The molecule has 1 aromatic rings. The van der Waals surface area contributed by atoms with Crippen molar-refractivity contribution in [3.05, 3.63) is 31.5 Å².